The Morgan fingerprint density at radius 2 is 1.88 bits per heavy atom. The maximum atomic E-state index is 13.9. The first-order chi connectivity index (χ1) is 15.2. The summed E-state index contributed by atoms with van der Waals surface area (Å²) < 4.78 is 0. The van der Waals surface area contributed by atoms with Gasteiger partial charge in [-0.3, -0.25) is 9.59 Å². The lowest BCUT2D eigenvalue weighted by atomic mass is 9.67. The van der Waals surface area contributed by atoms with Crippen molar-refractivity contribution in [1.82, 2.24) is 10.2 Å². The van der Waals surface area contributed by atoms with E-state index in [0.717, 1.165) is 24.1 Å². The molecule has 0 unspecified atom stereocenters. The molecule has 3 rings (SSSR count). The largest absolute Gasteiger partial charge is 0.481 e. The van der Waals surface area contributed by atoms with E-state index in [0.29, 0.717) is 16.5 Å². The smallest absolute Gasteiger partial charge is 0.304 e. The lowest BCUT2D eigenvalue weighted by Gasteiger charge is -2.51. The third kappa shape index (κ3) is 5.28. The van der Waals surface area contributed by atoms with Crippen molar-refractivity contribution in [3.63, 3.8) is 0 Å². The summed E-state index contributed by atoms with van der Waals surface area (Å²) in [7, 11) is 1.88. The van der Waals surface area contributed by atoms with Gasteiger partial charge >= 0.3 is 5.97 Å². The van der Waals surface area contributed by atoms with Crippen molar-refractivity contribution in [2.24, 2.45) is 5.41 Å². The lowest BCUT2D eigenvalue weighted by Crippen LogP contribution is -2.55. The van der Waals surface area contributed by atoms with E-state index in [1.165, 1.54) is 0 Å². The molecule has 4 atom stereocenters. The number of nitrogens with zero attached hydrogens (tertiary/aromatic N) is 1. The van der Waals surface area contributed by atoms with Crippen LogP contribution in [-0.4, -0.2) is 41.5 Å². The van der Waals surface area contributed by atoms with Gasteiger partial charge in [0.25, 0.3) is 0 Å². The van der Waals surface area contributed by atoms with Gasteiger partial charge in [0.05, 0.1) is 17.9 Å². The Balaban J connectivity index is 2.18. The van der Waals surface area contributed by atoms with Crippen LogP contribution in [-0.2, 0) is 9.59 Å². The number of carbonyl (C=O) groups excluding carboxylic acids is 1. The van der Waals surface area contributed by atoms with Crippen LogP contribution in [0.4, 0.5) is 0 Å². The molecule has 1 aliphatic heterocycles. The summed E-state index contributed by atoms with van der Waals surface area (Å²) in [5.41, 5.74) is 0.948. The number of rotatable bonds is 8. The third-order valence-electron chi connectivity index (χ3n) is 6.42. The van der Waals surface area contributed by atoms with E-state index < -0.39 is 11.4 Å². The minimum Gasteiger partial charge on any atom is -0.481 e. The van der Waals surface area contributed by atoms with Crippen LogP contribution in [0.25, 0.3) is 0 Å². The van der Waals surface area contributed by atoms with E-state index in [1.807, 2.05) is 67.4 Å². The number of carboxylic acids is 1. The summed E-state index contributed by atoms with van der Waals surface area (Å²) in [4.78, 5) is 27.5. The van der Waals surface area contributed by atoms with Gasteiger partial charge in [-0.05, 0) is 68.8 Å². The van der Waals surface area contributed by atoms with E-state index in [1.54, 1.807) is 6.92 Å². The minimum atomic E-state index is -1.02. The number of benzene rings is 2. The Morgan fingerprint density at radius 1 is 1.19 bits per heavy atom. The maximum absolute atomic E-state index is 13.9. The minimum absolute atomic E-state index is 0.0919. The molecule has 0 aliphatic carbocycles. The van der Waals surface area contributed by atoms with Gasteiger partial charge in [0.2, 0.25) is 5.91 Å². The molecule has 0 radical (unpaired) electrons. The second kappa shape index (κ2) is 10.2. The highest BCUT2D eigenvalue weighted by Crippen LogP contribution is 2.52. The first kappa shape index (κ1) is 24.6. The van der Waals surface area contributed by atoms with Crippen molar-refractivity contribution >= 4 is 35.1 Å². The molecule has 0 aromatic heterocycles. The predicted octanol–water partition coefficient (Wildman–Crippen LogP) is 5.53. The molecule has 1 heterocycles. The fourth-order valence-electron chi connectivity index (χ4n) is 4.85. The summed E-state index contributed by atoms with van der Waals surface area (Å²) in [6.07, 6.45) is 0.949. The summed E-state index contributed by atoms with van der Waals surface area (Å²) in [5.74, 6) is -1.21. The Morgan fingerprint density at radius 3 is 2.47 bits per heavy atom. The summed E-state index contributed by atoms with van der Waals surface area (Å²) >= 11 is 12.5. The van der Waals surface area contributed by atoms with E-state index in [2.05, 4.69) is 5.32 Å². The fraction of sp³-hybridized carbons (Fsp3) is 0.440. The molecular formula is C25H30Cl2N2O3. The molecule has 2 aromatic rings. The highest BCUT2D eigenvalue weighted by Gasteiger charge is 2.51. The molecule has 1 aliphatic rings. The number of likely N-dealkylation sites (tertiary alicyclic amines) is 1. The first-order valence-corrected chi connectivity index (χ1v) is 11.6. The van der Waals surface area contributed by atoms with Crippen LogP contribution in [0.5, 0.6) is 0 Å². The molecule has 1 saturated heterocycles. The van der Waals surface area contributed by atoms with Crippen LogP contribution in [0.3, 0.4) is 0 Å². The second-order valence-electron chi connectivity index (χ2n) is 8.95. The average molecular weight is 477 g/mol. The monoisotopic (exact) mass is 476 g/mol. The van der Waals surface area contributed by atoms with E-state index in [4.69, 9.17) is 23.2 Å². The zero-order chi connectivity index (χ0) is 23.5. The standard InChI is InChI=1S/C25H30Cl2N2O3/c1-16(11-12-28-3)29-23(17-7-9-19(26)10-8-17)21(18-5-4-6-20(27)13-18)14-25(2,24(29)32)15-22(30)31/h4-10,13,16,21,23,28H,11-12,14-15H2,1-3H3,(H,30,31)/t16-,21+,23+,25+/m0/s1. The van der Waals surface area contributed by atoms with Crippen molar-refractivity contribution in [3.05, 3.63) is 69.7 Å². The number of carbonyl (C=O) groups is 2. The van der Waals surface area contributed by atoms with Crippen molar-refractivity contribution in [3.8, 4) is 0 Å². The van der Waals surface area contributed by atoms with Crippen molar-refractivity contribution in [1.29, 1.82) is 0 Å². The van der Waals surface area contributed by atoms with Crippen LogP contribution in [0.2, 0.25) is 10.0 Å². The van der Waals surface area contributed by atoms with E-state index in [9.17, 15) is 14.7 Å². The zero-order valence-electron chi connectivity index (χ0n) is 18.6. The molecule has 0 spiro atoms. The number of piperidine rings is 1. The quantitative estimate of drug-likeness (QED) is 0.525. The van der Waals surface area contributed by atoms with Gasteiger partial charge in [-0.2, -0.15) is 0 Å². The topological polar surface area (TPSA) is 69.6 Å². The molecule has 0 bridgehead atoms. The van der Waals surface area contributed by atoms with E-state index >= 15 is 0 Å². The van der Waals surface area contributed by atoms with Crippen LogP contribution in [0, 0.1) is 5.41 Å². The number of aliphatic carboxylic acids is 1. The number of hydrogen-bond acceptors (Lipinski definition) is 3. The lowest BCUT2D eigenvalue weighted by molar-refractivity contribution is -0.160. The van der Waals surface area contributed by atoms with Gasteiger partial charge in [-0.1, -0.05) is 54.4 Å². The van der Waals surface area contributed by atoms with Gasteiger partial charge in [-0.15, -0.1) is 0 Å². The fourth-order valence-corrected chi connectivity index (χ4v) is 5.18. The Hall–Kier alpha value is -2.08. The van der Waals surface area contributed by atoms with Gasteiger partial charge in [0, 0.05) is 22.0 Å². The van der Waals surface area contributed by atoms with Gasteiger partial charge < -0.3 is 15.3 Å². The SMILES string of the molecule is CNCC[C@H](C)N1C(=O)[C@@](C)(CC(=O)O)C[C@H](c2cccc(Cl)c2)[C@H]1c1ccc(Cl)cc1. The molecule has 172 valence electrons. The van der Waals surface area contributed by atoms with Crippen LogP contribution in [0.15, 0.2) is 48.5 Å². The number of hydrogen-bond donors (Lipinski definition) is 2. The van der Waals surface area contributed by atoms with Crippen molar-refractivity contribution in [2.75, 3.05) is 13.6 Å². The maximum Gasteiger partial charge on any atom is 0.304 e. The number of nitrogens with one attached hydrogen (secondary N) is 1. The molecule has 7 heteroatoms. The van der Waals surface area contributed by atoms with Crippen LogP contribution >= 0.6 is 23.2 Å². The number of carboxylic acid groups (broad SMARTS) is 1. The van der Waals surface area contributed by atoms with Crippen LogP contribution < -0.4 is 5.32 Å². The van der Waals surface area contributed by atoms with Gasteiger partial charge in [-0.25, -0.2) is 0 Å². The third-order valence-corrected chi connectivity index (χ3v) is 6.91. The van der Waals surface area contributed by atoms with Gasteiger partial charge in [0.1, 0.15) is 0 Å². The molecular weight excluding hydrogens is 447 g/mol. The molecule has 0 saturated carbocycles. The Bertz CT molecular complexity index is 966. The summed E-state index contributed by atoms with van der Waals surface area (Å²) in [5, 5.41) is 14.0. The Labute approximate surface area is 199 Å². The van der Waals surface area contributed by atoms with Crippen LogP contribution in [0.1, 0.15) is 56.2 Å². The normalized spacial score (nSPS) is 24.4. The average Bonchev–Trinajstić information content (AvgIpc) is 2.74. The first-order valence-electron chi connectivity index (χ1n) is 10.9. The predicted molar refractivity (Wildman–Crippen MR) is 128 cm³/mol. The number of amides is 1. The molecule has 5 nitrogen and oxygen atoms in total. The molecule has 2 aromatic carbocycles. The molecule has 1 amide bonds. The highest BCUT2D eigenvalue weighted by atomic mass is 35.5. The summed E-state index contributed by atoms with van der Waals surface area (Å²) in [6.45, 7) is 4.55. The van der Waals surface area contributed by atoms with Gasteiger partial charge in [0.15, 0.2) is 0 Å². The second-order valence-corrected chi connectivity index (χ2v) is 9.82. The molecule has 32 heavy (non-hydrogen) atoms. The Kier molecular flexibility index (Phi) is 7.86. The highest BCUT2D eigenvalue weighted by molar-refractivity contribution is 6.30. The number of halogens is 2. The zero-order valence-corrected chi connectivity index (χ0v) is 20.2. The molecule has 2 N–H and O–H groups in total. The summed E-state index contributed by atoms with van der Waals surface area (Å²) in [6, 6.07) is 14.9. The van der Waals surface area contributed by atoms with Crippen molar-refractivity contribution < 1.29 is 14.7 Å². The molecule has 1 fully saturated rings. The van der Waals surface area contributed by atoms with E-state index in [-0.39, 0.29) is 30.3 Å². The van der Waals surface area contributed by atoms with Crippen molar-refractivity contribution in [2.45, 2.75) is 51.1 Å².